The first-order valence-electron chi connectivity index (χ1n) is 7.34. The fraction of sp³-hybridized carbons (Fsp3) is 1.00. The summed E-state index contributed by atoms with van der Waals surface area (Å²) < 4.78 is 0. The Hall–Kier alpha value is -0.120. The van der Waals surface area contributed by atoms with Gasteiger partial charge >= 0.3 is 0 Å². The van der Waals surface area contributed by atoms with E-state index in [0.29, 0.717) is 0 Å². The van der Waals surface area contributed by atoms with Gasteiger partial charge < -0.3 is 10.2 Å². The van der Waals surface area contributed by atoms with Gasteiger partial charge in [-0.15, -0.1) is 0 Å². The second kappa shape index (κ2) is 6.17. The molecular formula is C14H29N3. The van der Waals surface area contributed by atoms with Crippen LogP contribution in [-0.2, 0) is 0 Å². The largest absolute Gasteiger partial charge is 0.311 e. The normalized spacial score (nSPS) is 32.6. The van der Waals surface area contributed by atoms with Crippen molar-refractivity contribution in [3.05, 3.63) is 0 Å². The van der Waals surface area contributed by atoms with Crippen molar-refractivity contribution in [1.82, 2.24) is 15.1 Å². The number of nitrogens with one attached hydrogen (secondary N) is 1. The standard InChI is InChI=1S/C14H29N3/c1-4-7-17(9-8-16(2)3)14-10-12-5-6-13(11-14)15-12/h12-15H,4-11H2,1-3H3. The summed E-state index contributed by atoms with van der Waals surface area (Å²) in [5.74, 6) is 0. The molecule has 0 aromatic heterocycles. The van der Waals surface area contributed by atoms with Crippen molar-refractivity contribution >= 4 is 0 Å². The van der Waals surface area contributed by atoms with Crippen LogP contribution in [0.15, 0.2) is 0 Å². The molecule has 3 heteroatoms. The zero-order valence-electron chi connectivity index (χ0n) is 11.8. The quantitative estimate of drug-likeness (QED) is 0.758. The van der Waals surface area contributed by atoms with Gasteiger partial charge in [-0.1, -0.05) is 6.92 Å². The number of hydrogen-bond donors (Lipinski definition) is 1. The minimum Gasteiger partial charge on any atom is -0.311 e. The van der Waals surface area contributed by atoms with Crippen LogP contribution in [0.3, 0.4) is 0 Å². The van der Waals surface area contributed by atoms with Crippen LogP contribution in [0.4, 0.5) is 0 Å². The third-order valence-corrected chi connectivity index (χ3v) is 4.31. The van der Waals surface area contributed by atoms with Crippen molar-refractivity contribution in [3.8, 4) is 0 Å². The van der Waals surface area contributed by atoms with Gasteiger partial charge in [0, 0.05) is 31.2 Å². The van der Waals surface area contributed by atoms with Gasteiger partial charge in [-0.25, -0.2) is 0 Å². The van der Waals surface area contributed by atoms with Crippen LogP contribution in [0.5, 0.6) is 0 Å². The lowest BCUT2D eigenvalue weighted by atomic mass is 9.98. The summed E-state index contributed by atoms with van der Waals surface area (Å²) in [7, 11) is 4.35. The average Bonchev–Trinajstić information content (AvgIpc) is 2.63. The highest BCUT2D eigenvalue weighted by molar-refractivity contribution is 4.95. The van der Waals surface area contributed by atoms with E-state index in [4.69, 9.17) is 0 Å². The maximum Gasteiger partial charge on any atom is 0.0125 e. The van der Waals surface area contributed by atoms with Gasteiger partial charge in [0.2, 0.25) is 0 Å². The van der Waals surface area contributed by atoms with E-state index in [1.165, 1.54) is 51.7 Å². The van der Waals surface area contributed by atoms with Crippen molar-refractivity contribution in [1.29, 1.82) is 0 Å². The van der Waals surface area contributed by atoms with E-state index in [2.05, 4.69) is 36.1 Å². The van der Waals surface area contributed by atoms with Crippen LogP contribution < -0.4 is 5.32 Å². The number of likely N-dealkylation sites (N-methyl/N-ethyl adjacent to an activating group) is 1. The van der Waals surface area contributed by atoms with Gasteiger partial charge in [0.15, 0.2) is 0 Å². The van der Waals surface area contributed by atoms with Crippen molar-refractivity contribution in [2.75, 3.05) is 33.7 Å². The van der Waals surface area contributed by atoms with E-state index < -0.39 is 0 Å². The van der Waals surface area contributed by atoms with E-state index in [1.807, 2.05) is 0 Å². The smallest absolute Gasteiger partial charge is 0.0125 e. The maximum absolute atomic E-state index is 3.75. The molecule has 0 saturated carbocycles. The summed E-state index contributed by atoms with van der Waals surface area (Å²) in [5.41, 5.74) is 0. The Morgan fingerprint density at radius 1 is 1.00 bits per heavy atom. The van der Waals surface area contributed by atoms with Gasteiger partial charge in [0.25, 0.3) is 0 Å². The predicted molar refractivity (Wildman–Crippen MR) is 73.4 cm³/mol. The predicted octanol–water partition coefficient (Wildman–Crippen LogP) is 1.54. The first kappa shape index (κ1) is 13.3. The number of nitrogens with zero attached hydrogens (tertiary/aromatic N) is 2. The Balaban J connectivity index is 1.86. The van der Waals surface area contributed by atoms with E-state index in [-0.39, 0.29) is 0 Å². The highest BCUT2D eigenvalue weighted by Gasteiger charge is 2.35. The van der Waals surface area contributed by atoms with Crippen LogP contribution in [-0.4, -0.2) is 61.7 Å². The minimum atomic E-state index is 0.817. The Kier molecular flexibility index (Phi) is 4.83. The van der Waals surface area contributed by atoms with E-state index in [1.54, 1.807) is 0 Å². The molecule has 17 heavy (non-hydrogen) atoms. The highest BCUT2D eigenvalue weighted by atomic mass is 15.2. The van der Waals surface area contributed by atoms with Crippen LogP contribution in [0.25, 0.3) is 0 Å². The Morgan fingerprint density at radius 3 is 2.18 bits per heavy atom. The van der Waals surface area contributed by atoms with Gasteiger partial charge in [0.05, 0.1) is 0 Å². The maximum atomic E-state index is 3.75. The number of fused-ring (bicyclic) bond motifs is 2. The molecule has 2 fully saturated rings. The van der Waals surface area contributed by atoms with E-state index >= 15 is 0 Å². The van der Waals surface area contributed by atoms with Crippen LogP contribution >= 0.6 is 0 Å². The second-order valence-corrected chi connectivity index (χ2v) is 6.10. The fourth-order valence-electron chi connectivity index (χ4n) is 3.42. The summed E-state index contributed by atoms with van der Waals surface area (Å²) in [6, 6.07) is 2.48. The molecule has 0 aromatic rings. The second-order valence-electron chi connectivity index (χ2n) is 6.10. The van der Waals surface area contributed by atoms with E-state index in [9.17, 15) is 0 Å². The van der Waals surface area contributed by atoms with Crippen molar-refractivity contribution < 1.29 is 0 Å². The summed E-state index contributed by atoms with van der Waals surface area (Å²) in [6.45, 7) is 6.01. The SMILES string of the molecule is CCCN(CCN(C)C)C1CC2CCC(C1)N2. The number of piperidine rings is 1. The van der Waals surface area contributed by atoms with Crippen molar-refractivity contribution in [2.45, 2.75) is 57.2 Å². The lowest BCUT2D eigenvalue weighted by molar-refractivity contribution is 0.131. The molecule has 100 valence electrons. The van der Waals surface area contributed by atoms with Gasteiger partial charge in [-0.2, -0.15) is 0 Å². The third kappa shape index (κ3) is 3.67. The molecule has 0 aromatic carbocycles. The van der Waals surface area contributed by atoms with Crippen LogP contribution in [0.2, 0.25) is 0 Å². The van der Waals surface area contributed by atoms with Gasteiger partial charge in [-0.05, 0) is 52.7 Å². The van der Waals surface area contributed by atoms with Crippen LogP contribution in [0, 0.1) is 0 Å². The monoisotopic (exact) mass is 239 g/mol. The first-order chi connectivity index (χ1) is 8.19. The zero-order chi connectivity index (χ0) is 12.3. The molecule has 2 aliphatic rings. The molecule has 2 unspecified atom stereocenters. The molecular weight excluding hydrogens is 210 g/mol. The van der Waals surface area contributed by atoms with Crippen LogP contribution in [0.1, 0.15) is 39.0 Å². The molecule has 2 bridgehead atoms. The molecule has 2 saturated heterocycles. The lowest BCUT2D eigenvalue weighted by Gasteiger charge is -2.38. The lowest BCUT2D eigenvalue weighted by Crippen LogP contribution is -2.49. The number of rotatable bonds is 6. The third-order valence-electron chi connectivity index (χ3n) is 4.31. The van der Waals surface area contributed by atoms with Gasteiger partial charge in [-0.3, -0.25) is 4.90 Å². The molecule has 3 nitrogen and oxygen atoms in total. The molecule has 2 heterocycles. The minimum absolute atomic E-state index is 0.817. The first-order valence-corrected chi connectivity index (χ1v) is 7.34. The molecule has 0 radical (unpaired) electrons. The fourth-order valence-corrected chi connectivity index (χ4v) is 3.42. The summed E-state index contributed by atoms with van der Waals surface area (Å²) in [4.78, 5) is 5.05. The molecule has 1 N–H and O–H groups in total. The number of hydrogen-bond acceptors (Lipinski definition) is 3. The average molecular weight is 239 g/mol. The molecule has 2 aliphatic heterocycles. The van der Waals surface area contributed by atoms with E-state index in [0.717, 1.165) is 18.1 Å². The summed E-state index contributed by atoms with van der Waals surface area (Å²) in [5, 5.41) is 3.75. The Morgan fingerprint density at radius 2 is 1.65 bits per heavy atom. The molecule has 2 atom stereocenters. The Bertz CT molecular complexity index is 218. The molecule has 0 aliphatic carbocycles. The zero-order valence-corrected chi connectivity index (χ0v) is 11.8. The molecule has 0 amide bonds. The topological polar surface area (TPSA) is 18.5 Å². The Labute approximate surface area is 107 Å². The van der Waals surface area contributed by atoms with Crippen molar-refractivity contribution in [2.24, 2.45) is 0 Å². The van der Waals surface area contributed by atoms with Gasteiger partial charge in [0.1, 0.15) is 0 Å². The molecule has 2 rings (SSSR count). The summed E-state index contributed by atoms with van der Waals surface area (Å²) >= 11 is 0. The highest BCUT2D eigenvalue weighted by Crippen LogP contribution is 2.29. The van der Waals surface area contributed by atoms with Crippen molar-refractivity contribution in [3.63, 3.8) is 0 Å². The molecule has 0 spiro atoms. The summed E-state index contributed by atoms with van der Waals surface area (Å²) in [6.07, 6.45) is 6.87.